The Hall–Kier alpha value is -6.37. The van der Waals surface area contributed by atoms with Crippen molar-refractivity contribution < 1.29 is 29.0 Å². The van der Waals surface area contributed by atoms with E-state index in [-0.39, 0.29) is 61.6 Å². The van der Waals surface area contributed by atoms with E-state index >= 15 is 0 Å². The van der Waals surface area contributed by atoms with Gasteiger partial charge in [0.25, 0.3) is 5.91 Å². The highest BCUT2D eigenvalue weighted by atomic mass is 32.1. The standard InChI is InChI=1S/C50H65N13O6S/c1-31(26-62-17-15-41(59-62)40-14-13-37(25-51)33(3)54-40)53-47(66)42-23-38(57-58-42)29-69-22-8-16-60-18-20-61(21-19-60)28-44(65)56-46(50(5,6)7)49(68)63-27-39(64)24-43(63)48(67)55-32(2)35-9-11-36(12-10-35)45-34(4)52-30-70-45/h9-15,17,23,30-32,39,43,46,64H,8,16,18-22,24,26-29H2,1-7H3,(H,53,66)(H,55,67)(H,56,65)(H,57,58)/t31-,32-,39+,43-,46+/m0/s1. The Morgan fingerprint density at radius 2 is 1.71 bits per heavy atom. The van der Waals surface area contributed by atoms with Crippen molar-refractivity contribution in [3.8, 4) is 27.9 Å². The number of aliphatic hydroxyl groups is 1. The number of nitriles is 1. The summed E-state index contributed by atoms with van der Waals surface area (Å²) in [6, 6.07) is 14.8. The van der Waals surface area contributed by atoms with Crippen LogP contribution in [0.3, 0.4) is 0 Å². The van der Waals surface area contributed by atoms with E-state index in [0.29, 0.717) is 54.6 Å². The van der Waals surface area contributed by atoms with E-state index < -0.39 is 29.5 Å². The van der Waals surface area contributed by atoms with Crippen LogP contribution < -0.4 is 16.0 Å². The average Bonchev–Trinajstić information content (AvgIpc) is 4.16. The maximum atomic E-state index is 14.2. The topological polar surface area (TPSA) is 240 Å². The number of ether oxygens (including phenoxy) is 1. The number of hydrogen-bond acceptors (Lipinski definition) is 14. The largest absolute Gasteiger partial charge is 0.391 e. The van der Waals surface area contributed by atoms with Crippen molar-refractivity contribution in [3.63, 3.8) is 0 Å². The van der Waals surface area contributed by atoms with Crippen LogP contribution in [0.1, 0.15) is 92.2 Å². The van der Waals surface area contributed by atoms with Crippen molar-refractivity contribution in [1.29, 1.82) is 5.26 Å². The van der Waals surface area contributed by atoms with E-state index in [2.05, 4.69) is 57.1 Å². The van der Waals surface area contributed by atoms with Crippen LogP contribution in [-0.2, 0) is 32.3 Å². The van der Waals surface area contributed by atoms with Crippen LogP contribution in [0, 0.1) is 30.6 Å². The molecule has 20 heteroatoms. The highest BCUT2D eigenvalue weighted by molar-refractivity contribution is 7.13. The normalized spacial score (nSPS) is 18.0. The molecule has 0 spiro atoms. The van der Waals surface area contributed by atoms with Gasteiger partial charge in [-0.15, -0.1) is 11.3 Å². The summed E-state index contributed by atoms with van der Waals surface area (Å²) in [5.74, 6) is -1.32. The van der Waals surface area contributed by atoms with Gasteiger partial charge in [0.2, 0.25) is 17.7 Å². The second-order valence-electron chi connectivity index (χ2n) is 19.4. The Labute approximate surface area is 413 Å². The number of thiazole rings is 1. The van der Waals surface area contributed by atoms with Gasteiger partial charge in [0, 0.05) is 64.5 Å². The summed E-state index contributed by atoms with van der Waals surface area (Å²) < 4.78 is 7.64. The zero-order valence-corrected chi connectivity index (χ0v) is 41.9. The molecule has 19 nitrogen and oxygen atoms in total. The van der Waals surface area contributed by atoms with Crippen LogP contribution in [-0.4, -0.2) is 150 Å². The smallest absolute Gasteiger partial charge is 0.272 e. The first-order chi connectivity index (χ1) is 33.4. The van der Waals surface area contributed by atoms with Crippen LogP contribution in [0.2, 0.25) is 0 Å². The maximum Gasteiger partial charge on any atom is 0.272 e. The minimum absolute atomic E-state index is 0.00490. The number of pyridine rings is 1. The molecule has 4 amide bonds. The van der Waals surface area contributed by atoms with Crippen molar-refractivity contribution >= 4 is 35.0 Å². The van der Waals surface area contributed by atoms with Gasteiger partial charge in [-0.1, -0.05) is 45.0 Å². The van der Waals surface area contributed by atoms with E-state index in [9.17, 15) is 29.5 Å². The molecule has 2 aliphatic heterocycles. The van der Waals surface area contributed by atoms with Gasteiger partial charge in [-0.05, 0) is 74.9 Å². The molecule has 5 aromatic rings. The molecule has 6 heterocycles. The number of carbonyl (C=O) groups is 4. The molecule has 2 aliphatic rings. The highest BCUT2D eigenvalue weighted by Gasteiger charge is 2.45. The van der Waals surface area contributed by atoms with Crippen molar-refractivity contribution in [2.75, 3.05) is 52.4 Å². The fourth-order valence-corrected chi connectivity index (χ4v) is 9.58. The number of likely N-dealkylation sites (tertiary alicyclic amines) is 1. The molecule has 5 N–H and O–H groups in total. The van der Waals surface area contributed by atoms with Crippen molar-refractivity contribution in [3.05, 3.63) is 94.1 Å². The van der Waals surface area contributed by atoms with Gasteiger partial charge < -0.3 is 35.6 Å². The predicted octanol–water partition coefficient (Wildman–Crippen LogP) is 3.99. The molecule has 2 fully saturated rings. The number of rotatable bonds is 19. The molecule has 5 atom stereocenters. The van der Waals surface area contributed by atoms with Gasteiger partial charge in [0.05, 0.1) is 70.6 Å². The molecule has 70 heavy (non-hydrogen) atoms. The number of amides is 4. The lowest BCUT2D eigenvalue weighted by molar-refractivity contribution is -0.144. The third-order valence-corrected chi connectivity index (χ3v) is 13.7. The molecule has 4 aromatic heterocycles. The molecule has 0 bridgehead atoms. The van der Waals surface area contributed by atoms with E-state index in [1.54, 1.807) is 41.1 Å². The summed E-state index contributed by atoms with van der Waals surface area (Å²) >= 11 is 1.58. The number of benzene rings is 1. The number of nitrogens with one attached hydrogen (secondary N) is 4. The van der Waals surface area contributed by atoms with Gasteiger partial charge in [-0.3, -0.25) is 38.8 Å². The van der Waals surface area contributed by atoms with Gasteiger partial charge in [-0.2, -0.15) is 15.5 Å². The van der Waals surface area contributed by atoms with E-state index in [0.717, 1.165) is 47.8 Å². The number of carbonyl (C=O) groups excluding carboxylic acids is 4. The van der Waals surface area contributed by atoms with Crippen molar-refractivity contribution in [1.82, 2.24) is 60.6 Å². The van der Waals surface area contributed by atoms with E-state index in [1.165, 1.54) is 4.90 Å². The molecule has 372 valence electrons. The molecule has 7 rings (SSSR count). The number of β-amino-alcohol motifs (C(OH)–C–C–N with tert-alkyl or cyclic N) is 1. The first kappa shape index (κ1) is 51.5. The molecule has 0 aliphatic carbocycles. The van der Waals surface area contributed by atoms with Gasteiger partial charge in [0.1, 0.15) is 29.5 Å². The third-order valence-electron chi connectivity index (χ3n) is 12.7. The SMILES string of the molecule is Cc1nc(-c2ccn(C[C@H](C)NC(=O)c3cc(COCCCN4CCN(CC(=O)N[C@H](C(=O)N5C[C@H](O)C[C@H]5C(=O)N[C@@H](C)c5ccc(-c6scnc6C)cc5)C(C)(C)C)CC4)[nH]n3)n2)ccc1C#N. The minimum Gasteiger partial charge on any atom is -0.391 e. The highest BCUT2D eigenvalue weighted by Crippen LogP contribution is 2.30. The molecular weight excluding hydrogens is 911 g/mol. The summed E-state index contributed by atoms with van der Waals surface area (Å²) in [5, 5.41) is 40.5. The lowest BCUT2D eigenvalue weighted by Gasteiger charge is -2.37. The Balaban J connectivity index is 0.791. The summed E-state index contributed by atoms with van der Waals surface area (Å²) in [7, 11) is 0. The van der Waals surface area contributed by atoms with Gasteiger partial charge in [0.15, 0.2) is 0 Å². The van der Waals surface area contributed by atoms with Crippen LogP contribution in [0.5, 0.6) is 0 Å². The molecule has 0 unspecified atom stereocenters. The van der Waals surface area contributed by atoms with Crippen molar-refractivity contribution in [2.24, 2.45) is 5.41 Å². The first-order valence-corrected chi connectivity index (χ1v) is 24.7. The fraction of sp³-hybridized carbons (Fsp3) is 0.500. The molecule has 1 aromatic carbocycles. The first-order valence-electron chi connectivity index (χ1n) is 23.8. The van der Waals surface area contributed by atoms with Crippen molar-refractivity contribution in [2.45, 2.75) is 105 Å². The fourth-order valence-electron chi connectivity index (χ4n) is 8.77. The Bertz CT molecular complexity index is 2640. The summed E-state index contributed by atoms with van der Waals surface area (Å²) in [6.45, 7) is 18.3. The Morgan fingerprint density at radius 1 is 0.971 bits per heavy atom. The second-order valence-corrected chi connectivity index (χ2v) is 20.3. The monoisotopic (exact) mass is 975 g/mol. The molecular formula is C50H65N13O6S. The zero-order chi connectivity index (χ0) is 50.1. The molecule has 2 saturated heterocycles. The number of nitrogens with zero attached hydrogens (tertiary/aromatic N) is 9. The zero-order valence-electron chi connectivity index (χ0n) is 41.1. The lowest BCUT2D eigenvalue weighted by atomic mass is 9.85. The number of aromatic nitrogens is 6. The Morgan fingerprint density at radius 3 is 2.40 bits per heavy atom. The van der Waals surface area contributed by atoms with Crippen LogP contribution in [0.25, 0.3) is 21.8 Å². The number of aryl methyl sites for hydroxylation is 2. The number of aliphatic hydroxyl groups excluding tert-OH is 1. The minimum atomic E-state index is -0.908. The molecule has 0 saturated carbocycles. The number of hydrogen-bond donors (Lipinski definition) is 5. The van der Waals surface area contributed by atoms with Gasteiger partial charge in [-0.25, -0.2) is 4.98 Å². The van der Waals surface area contributed by atoms with E-state index in [4.69, 9.17) is 4.74 Å². The molecule has 0 radical (unpaired) electrons. The maximum absolute atomic E-state index is 14.2. The second kappa shape index (κ2) is 23.0. The average molecular weight is 976 g/mol. The quantitative estimate of drug-likeness (QED) is 0.0737. The number of piperazine rings is 1. The van der Waals surface area contributed by atoms with Crippen LogP contribution in [0.15, 0.2) is 60.2 Å². The summed E-state index contributed by atoms with van der Waals surface area (Å²) in [4.78, 5) is 70.1. The predicted molar refractivity (Wildman–Crippen MR) is 264 cm³/mol. The number of H-pyrrole nitrogens is 1. The van der Waals surface area contributed by atoms with Crippen LogP contribution >= 0.6 is 11.3 Å². The number of aromatic amines is 1. The van der Waals surface area contributed by atoms with Gasteiger partial charge >= 0.3 is 0 Å². The van der Waals surface area contributed by atoms with Crippen LogP contribution in [0.4, 0.5) is 0 Å². The lowest BCUT2D eigenvalue weighted by Crippen LogP contribution is -2.59. The Kier molecular flexibility index (Phi) is 16.9. The third kappa shape index (κ3) is 13.3. The van der Waals surface area contributed by atoms with E-state index in [1.807, 2.05) is 83.6 Å². The summed E-state index contributed by atoms with van der Waals surface area (Å²) in [6.07, 6.45) is 1.87. The summed E-state index contributed by atoms with van der Waals surface area (Å²) in [5.41, 5.74) is 7.56.